The van der Waals surface area contributed by atoms with Crippen LogP contribution in [0.2, 0.25) is 0 Å². The maximum Gasteiger partial charge on any atom is 0.261 e. The van der Waals surface area contributed by atoms with E-state index in [1.54, 1.807) is 6.07 Å². The molecule has 22 heavy (non-hydrogen) atoms. The van der Waals surface area contributed by atoms with E-state index in [0.29, 0.717) is 17.0 Å². The van der Waals surface area contributed by atoms with Crippen LogP contribution in [0.15, 0.2) is 59.3 Å². The Balaban J connectivity index is 1.88. The number of benzene rings is 2. The van der Waals surface area contributed by atoms with E-state index in [4.69, 9.17) is 4.52 Å². The van der Waals surface area contributed by atoms with Gasteiger partial charge in [-0.15, -0.1) is 0 Å². The Bertz CT molecular complexity index is 810. The molecule has 0 atom stereocenters. The maximum absolute atomic E-state index is 13.2. The molecule has 0 fully saturated rings. The minimum Gasteiger partial charge on any atom is -0.355 e. The van der Waals surface area contributed by atoms with Crippen LogP contribution in [-0.2, 0) is 0 Å². The van der Waals surface area contributed by atoms with E-state index in [2.05, 4.69) is 10.5 Å². The number of amides is 1. The number of carbonyl (C=O) groups excluding carboxylic acids is 1. The predicted molar refractivity (Wildman–Crippen MR) is 81.0 cm³/mol. The van der Waals surface area contributed by atoms with Crippen LogP contribution in [0.5, 0.6) is 0 Å². The first kappa shape index (κ1) is 14.0. The molecule has 0 saturated carbocycles. The van der Waals surface area contributed by atoms with E-state index >= 15 is 0 Å². The van der Waals surface area contributed by atoms with E-state index in [1.807, 2.05) is 31.2 Å². The van der Waals surface area contributed by atoms with Crippen molar-refractivity contribution in [3.05, 3.63) is 71.7 Å². The van der Waals surface area contributed by atoms with Crippen LogP contribution in [0, 0.1) is 12.7 Å². The zero-order valence-electron chi connectivity index (χ0n) is 11.8. The fourth-order valence-electron chi connectivity index (χ4n) is 2.08. The average molecular weight is 296 g/mol. The molecule has 3 aromatic rings. The molecule has 110 valence electrons. The van der Waals surface area contributed by atoms with Gasteiger partial charge in [0.25, 0.3) is 5.91 Å². The number of carbonyl (C=O) groups is 1. The summed E-state index contributed by atoms with van der Waals surface area (Å²) >= 11 is 0. The van der Waals surface area contributed by atoms with E-state index in [9.17, 15) is 9.18 Å². The maximum atomic E-state index is 13.2. The molecule has 1 amide bonds. The first-order valence-electron chi connectivity index (χ1n) is 6.72. The van der Waals surface area contributed by atoms with Gasteiger partial charge in [-0.2, -0.15) is 0 Å². The first-order valence-corrected chi connectivity index (χ1v) is 6.72. The molecule has 2 aromatic carbocycles. The molecule has 0 radical (unpaired) electrons. The normalized spacial score (nSPS) is 10.5. The lowest BCUT2D eigenvalue weighted by atomic mass is 10.1. The zero-order valence-corrected chi connectivity index (χ0v) is 11.8. The molecule has 1 heterocycles. The van der Waals surface area contributed by atoms with Gasteiger partial charge in [0.15, 0.2) is 5.76 Å². The van der Waals surface area contributed by atoms with Crippen LogP contribution >= 0.6 is 0 Å². The minimum atomic E-state index is -0.415. The Morgan fingerprint density at radius 3 is 2.68 bits per heavy atom. The van der Waals surface area contributed by atoms with Crippen molar-refractivity contribution in [2.24, 2.45) is 0 Å². The summed E-state index contributed by atoms with van der Waals surface area (Å²) in [6.45, 7) is 1.97. The van der Waals surface area contributed by atoms with Crippen LogP contribution in [0.1, 0.15) is 15.9 Å². The number of hydrogen-bond donors (Lipinski definition) is 1. The van der Waals surface area contributed by atoms with Gasteiger partial charge in [-0.05, 0) is 25.1 Å². The van der Waals surface area contributed by atoms with Crippen LogP contribution < -0.4 is 5.32 Å². The smallest absolute Gasteiger partial charge is 0.261 e. The van der Waals surface area contributed by atoms with Crippen LogP contribution in [-0.4, -0.2) is 11.1 Å². The Kier molecular flexibility index (Phi) is 3.70. The number of anilines is 1. The Labute approximate surface area is 126 Å². The third-order valence-corrected chi connectivity index (χ3v) is 3.21. The summed E-state index contributed by atoms with van der Waals surface area (Å²) in [5, 5.41) is 6.32. The summed E-state index contributed by atoms with van der Waals surface area (Å²) in [7, 11) is 0. The van der Waals surface area contributed by atoms with Crippen molar-refractivity contribution in [3.8, 4) is 11.3 Å². The van der Waals surface area contributed by atoms with E-state index < -0.39 is 11.7 Å². The average Bonchev–Trinajstić information content (AvgIpc) is 2.97. The summed E-state index contributed by atoms with van der Waals surface area (Å²) in [5.74, 6) is -0.432. The lowest BCUT2D eigenvalue weighted by Crippen LogP contribution is -2.12. The largest absolute Gasteiger partial charge is 0.355 e. The molecule has 0 aliphatic carbocycles. The highest BCUT2D eigenvalue weighted by Gasteiger charge is 2.18. The number of aromatic nitrogens is 1. The van der Waals surface area contributed by atoms with Gasteiger partial charge in [-0.25, -0.2) is 4.39 Å². The molecule has 1 aromatic heterocycles. The van der Waals surface area contributed by atoms with Gasteiger partial charge in [0.1, 0.15) is 11.4 Å². The second-order valence-corrected chi connectivity index (χ2v) is 4.90. The van der Waals surface area contributed by atoms with Crippen molar-refractivity contribution < 1.29 is 13.7 Å². The van der Waals surface area contributed by atoms with Crippen LogP contribution in [0.25, 0.3) is 11.3 Å². The van der Waals surface area contributed by atoms with Gasteiger partial charge in [-0.1, -0.05) is 41.1 Å². The van der Waals surface area contributed by atoms with Gasteiger partial charge >= 0.3 is 0 Å². The Hall–Kier alpha value is -2.95. The summed E-state index contributed by atoms with van der Waals surface area (Å²) in [4.78, 5) is 12.3. The molecular formula is C17H13FN2O2. The van der Waals surface area contributed by atoms with Crippen molar-refractivity contribution >= 4 is 11.6 Å². The third kappa shape index (κ3) is 2.88. The second-order valence-electron chi connectivity index (χ2n) is 4.90. The summed E-state index contributed by atoms with van der Waals surface area (Å²) < 4.78 is 18.3. The summed E-state index contributed by atoms with van der Waals surface area (Å²) in [6, 6.07) is 13.3. The summed E-state index contributed by atoms with van der Waals surface area (Å²) in [5.41, 5.74) is 2.54. The number of nitrogens with one attached hydrogen (secondary N) is 1. The molecule has 4 nitrogen and oxygen atoms in total. The van der Waals surface area contributed by atoms with Crippen molar-refractivity contribution in [1.29, 1.82) is 0 Å². The lowest BCUT2D eigenvalue weighted by Gasteiger charge is -2.05. The number of aryl methyl sites for hydroxylation is 1. The number of rotatable bonds is 3. The SMILES string of the molecule is Cc1ccc(-c2oncc2C(=O)Nc2cccc(F)c2)cc1. The molecule has 0 bridgehead atoms. The van der Waals surface area contributed by atoms with Crippen molar-refractivity contribution in [2.45, 2.75) is 6.92 Å². The quantitative estimate of drug-likeness (QED) is 0.793. The lowest BCUT2D eigenvalue weighted by molar-refractivity contribution is 0.102. The Morgan fingerprint density at radius 1 is 1.18 bits per heavy atom. The second kappa shape index (κ2) is 5.81. The number of nitrogens with zero attached hydrogens (tertiary/aromatic N) is 1. The zero-order chi connectivity index (χ0) is 15.5. The fourth-order valence-corrected chi connectivity index (χ4v) is 2.08. The Morgan fingerprint density at radius 2 is 1.95 bits per heavy atom. The first-order chi connectivity index (χ1) is 10.6. The molecule has 0 aliphatic heterocycles. The standard InChI is InChI=1S/C17H13FN2O2/c1-11-5-7-12(8-6-11)16-15(10-19-22-16)17(21)20-14-4-2-3-13(18)9-14/h2-10H,1H3,(H,20,21). The van der Waals surface area contributed by atoms with Crippen LogP contribution in [0.4, 0.5) is 10.1 Å². The van der Waals surface area contributed by atoms with E-state index in [-0.39, 0.29) is 0 Å². The predicted octanol–water partition coefficient (Wildman–Crippen LogP) is 4.04. The van der Waals surface area contributed by atoms with Gasteiger partial charge in [0, 0.05) is 11.3 Å². The minimum absolute atomic E-state index is 0.299. The molecule has 3 rings (SSSR count). The number of hydrogen-bond acceptors (Lipinski definition) is 3. The topological polar surface area (TPSA) is 55.1 Å². The van der Waals surface area contributed by atoms with E-state index in [0.717, 1.165) is 11.1 Å². The summed E-state index contributed by atoms with van der Waals surface area (Å²) in [6.07, 6.45) is 1.35. The molecule has 0 unspecified atom stereocenters. The third-order valence-electron chi connectivity index (χ3n) is 3.21. The molecule has 0 aliphatic rings. The molecule has 5 heteroatoms. The molecule has 0 saturated heterocycles. The van der Waals surface area contributed by atoms with E-state index in [1.165, 1.54) is 24.4 Å². The highest BCUT2D eigenvalue weighted by Crippen LogP contribution is 2.24. The highest BCUT2D eigenvalue weighted by atomic mass is 19.1. The van der Waals surface area contributed by atoms with Crippen molar-refractivity contribution in [2.75, 3.05) is 5.32 Å². The van der Waals surface area contributed by atoms with Gasteiger partial charge in [0.2, 0.25) is 0 Å². The van der Waals surface area contributed by atoms with Gasteiger partial charge in [-0.3, -0.25) is 4.79 Å². The van der Waals surface area contributed by atoms with Crippen molar-refractivity contribution in [3.63, 3.8) is 0 Å². The van der Waals surface area contributed by atoms with Crippen molar-refractivity contribution in [1.82, 2.24) is 5.16 Å². The number of halogens is 1. The molecule has 1 N–H and O–H groups in total. The van der Waals surface area contributed by atoms with Gasteiger partial charge < -0.3 is 9.84 Å². The van der Waals surface area contributed by atoms with Gasteiger partial charge in [0.05, 0.1) is 6.20 Å². The monoisotopic (exact) mass is 296 g/mol. The van der Waals surface area contributed by atoms with Crippen LogP contribution in [0.3, 0.4) is 0 Å². The fraction of sp³-hybridized carbons (Fsp3) is 0.0588. The molecule has 0 spiro atoms. The highest BCUT2D eigenvalue weighted by molar-refractivity contribution is 6.07. The molecular weight excluding hydrogens is 283 g/mol.